The van der Waals surface area contributed by atoms with Crippen molar-refractivity contribution in [2.45, 2.75) is 45.3 Å². The van der Waals surface area contributed by atoms with Crippen molar-refractivity contribution in [1.82, 2.24) is 9.80 Å². The van der Waals surface area contributed by atoms with Gasteiger partial charge in [-0.25, -0.2) is 4.79 Å². The second kappa shape index (κ2) is 8.39. The zero-order chi connectivity index (χ0) is 17.6. The predicted octanol–water partition coefficient (Wildman–Crippen LogP) is 3.73. The van der Waals surface area contributed by atoms with Crippen LogP contribution in [0.5, 0.6) is 5.75 Å². The van der Waals surface area contributed by atoms with E-state index in [4.69, 9.17) is 4.74 Å². The van der Waals surface area contributed by atoms with Crippen LogP contribution in [0, 0.1) is 0 Å². The monoisotopic (exact) mass is 343 g/mol. The van der Waals surface area contributed by atoms with Gasteiger partial charge in [0.25, 0.3) is 0 Å². The van der Waals surface area contributed by atoms with Crippen molar-refractivity contribution < 1.29 is 9.53 Å². The molecule has 136 valence electrons. The summed E-state index contributed by atoms with van der Waals surface area (Å²) in [7, 11) is 0. The molecule has 0 radical (unpaired) electrons. The smallest absolute Gasteiger partial charge is 0.321 e. The number of ether oxygens (including phenoxy) is 1. The standard InChI is InChI=1S/C20H29N3O2/c1-3-16(2)25-19-8-6-17(7-9-19)21-20(24)23-14-10-18(11-15-23)22-12-4-5-13-22/h4-9,16,18H,3,10-15H2,1-2H3,(H,21,24)/t16-/m1/s1. The number of urea groups is 1. The molecule has 1 aromatic carbocycles. The second-order valence-electron chi connectivity index (χ2n) is 6.93. The molecular formula is C20H29N3O2. The zero-order valence-electron chi connectivity index (χ0n) is 15.3. The lowest BCUT2D eigenvalue weighted by molar-refractivity contribution is 0.144. The number of rotatable bonds is 5. The van der Waals surface area contributed by atoms with Crippen molar-refractivity contribution in [1.29, 1.82) is 0 Å². The molecule has 1 saturated heterocycles. The van der Waals surface area contributed by atoms with Gasteiger partial charge in [0.2, 0.25) is 0 Å². The van der Waals surface area contributed by atoms with E-state index in [-0.39, 0.29) is 12.1 Å². The van der Waals surface area contributed by atoms with Crippen LogP contribution >= 0.6 is 0 Å². The van der Waals surface area contributed by atoms with Crippen molar-refractivity contribution in [3.63, 3.8) is 0 Å². The minimum absolute atomic E-state index is 0.00593. The van der Waals surface area contributed by atoms with E-state index in [0.29, 0.717) is 6.04 Å². The van der Waals surface area contributed by atoms with Gasteiger partial charge in [0, 0.05) is 37.9 Å². The lowest BCUT2D eigenvalue weighted by Crippen LogP contribution is -2.47. The molecule has 0 saturated carbocycles. The highest BCUT2D eigenvalue weighted by Crippen LogP contribution is 2.21. The Morgan fingerprint density at radius 1 is 1.20 bits per heavy atom. The van der Waals surface area contributed by atoms with E-state index in [2.05, 4.69) is 36.2 Å². The zero-order valence-corrected chi connectivity index (χ0v) is 15.3. The molecule has 5 nitrogen and oxygen atoms in total. The molecule has 1 aromatic rings. The summed E-state index contributed by atoms with van der Waals surface area (Å²) in [5.41, 5.74) is 0.812. The Morgan fingerprint density at radius 3 is 2.44 bits per heavy atom. The first kappa shape index (κ1) is 17.8. The fourth-order valence-electron chi connectivity index (χ4n) is 3.36. The van der Waals surface area contributed by atoms with Gasteiger partial charge < -0.3 is 15.0 Å². The molecule has 1 fully saturated rings. The fourth-order valence-corrected chi connectivity index (χ4v) is 3.36. The number of likely N-dealkylation sites (tertiary alicyclic amines) is 1. The first-order chi connectivity index (χ1) is 12.2. The van der Waals surface area contributed by atoms with Gasteiger partial charge in [-0.3, -0.25) is 4.90 Å². The summed E-state index contributed by atoms with van der Waals surface area (Å²) in [5.74, 6) is 0.840. The second-order valence-corrected chi connectivity index (χ2v) is 6.93. The number of anilines is 1. The molecule has 2 aliphatic heterocycles. The number of carbonyl (C=O) groups is 1. The number of nitrogens with one attached hydrogen (secondary N) is 1. The van der Waals surface area contributed by atoms with Crippen LogP contribution in [-0.4, -0.2) is 54.2 Å². The van der Waals surface area contributed by atoms with E-state index < -0.39 is 0 Å². The highest BCUT2D eigenvalue weighted by atomic mass is 16.5. The molecule has 3 rings (SSSR count). The van der Waals surface area contributed by atoms with Crippen LogP contribution in [0.25, 0.3) is 0 Å². The van der Waals surface area contributed by atoms with E-state index in [1.807, 2.05) is 29.2 Å². The molecule has 0 bridgehead atoms. The number of hydrogen-bond acceptors (Lipinski definition) is 3. The average molecular weight is 343 g/mol. The maximum absolute atomic E-state index is 12.5. The maximum Gasteiger partial charge on any atom is 0.321 e. The predicted molar refractivity (Wildman–Crippen MR) is 101 cm³/mol. The first-order valence-electron chi connectivity index (χ1n) is 9.37. The topological polar surface area (TPSA) is 44.8 Å². The number of benzene rings is 1. The molecule has 0 aliphatic carbocycles. The number of piperidine rings is 1. The molecule has 2 amide bonds. The number of nitrogens with zero attached hydrogens (tertiary/aromatic N) is 2. The van der Waals surface area contributed by atoms with E-state index in [1.54, 1.807) is 0 Å². The van der Waals surface area contributed by atoms with Crippen LogP contribution in [0.3, 0.4) is 0 Å². The summed E-state index contributed by atoms with van der Waals surface area (Å²) >= 11 is 0. The lowest BCUT2D eigenvalue weighted by Gasteiger charge is -2.36. The summed E-state index contributed by atoms with van der Waals surface area (Å²) in [6.45, 7) is 7.91. The van der Waals surface area contributed by atoms with Crippen molar-refractivity contribution in [3.8, 4) is 5.75 Å². The molecule has 0 spiro atoms. The number of amides is 2. The summed E-state index contributed by atoms with van der Waals surface area (Å²) in [6, 6.07) is 8.23. The number of hydrogen-bond donors (Lipinski definition) is 1. The van der Waals surface area contributed by atoms with Gasteiger partial charge >= 0.3 is 6.03 Å². The van der Waals surface area contributed by atoms with E-state index >= 15 is 0 Å². The third-order valence-corrected chi connectivity index (χ3v) is 5.13. The third-order valence-electron chi connectivity index (χ3n) is 5.13. The van der Waals surface area contributed by atoms with Crippen molar-refractivity contribution in [2.75, 3.05) is 31.5 Å². The lowest BCUT2D eigenvalue weighted by atomic mass is 10.0. The van der Waals surface area contributed by atoms with Crippen molar-refractivity contribution in [3.05, 3.63) is 36.4 Å². The Morgan fingerprint density at radius 2 is 1.84 bits per heavy atom. The Kier molecular flexibility index (Phi) is 5.97. The molecule has 1 N–H and O–H groups in total. The Labute approximate surface area is 150 Å². The van der Waals surface area contributed by atoms with Crippen LogP contribution in [0.1, 0.15) is 33.1 Å². The van der Waals surface area contributed by atoms with Crippen LogP contribution in [-0.2, 0) is 0 Å². The SMILES string of the molecule is CC[C@@H](C)Oc1ccc(NC(=O)N2CCC(N3CC=CC3)CC2)cc1. The molecule has 5 heteroatoms. The maximum atomic E-state index is 12.5. The summed E-state index contributed by atoms with van der Waals surface area (Å²) < 4.78 is 5.77. The summed E-state index contributed by atoms with van der Waals surface area (Å²) in [6.07, 6.45) is 7.74. The summed E-state index contributed by atoms with van der Waals surface area (Å²) in [4.78, 5) is 16.9. The molecule has 2 aliphatic rings. The van der Waals surface area contributed by atoms with Gasteiger partial charge in [0.05, 0.1) is 6.10 Å². The largest absolute Gasteiger partial charge is 0.491 e. The van der Waals surface area contributed by atoms with Crippen LogP contribution in [0.2, 0.25) is 0 Å². The fraction of sp³-hybridized carbons (Fsp3) is 0.550. The minimum atomic E-state index is -0.00593. The van der Waals surface area contributed by atoms with Crippen LogP contribution < -0.4 is 10.1 Å². The van der Waals surface area contributed by atoms with Crippen LogP contribution in [0.15, 0.2) is 36.4 Å². The highest BCUT2D eigenvalue weighted by Gasteiger charge is 2.27. The van der Waals surface area contributed by atoms with E-state index in [9.17, 15) is 4.79 Å². The first-order valence-corrected chi connectivity index (χ1v) is 9.37. The molecule has 0 aromatic heterocycles. The van der Waals surface area contributed by atoms with Crippen molar-refractivity contribution in [2.24, 2.45) is 0 Å². The molecule has 1 atom stereocenters. The molecular weight excluding hydrogens is 314 g/mol. The average Bonchev–Trinajstić information content (AvgIpc) is 3.18. The van der Waals surface area contributed by atoms with Gasteiger partial charge in [0.15, 0.2) is 0 Å². The molecule has 25 heavy (non-hydrogen) atoms. The van der Waals surface area contributed by atoms with Crippen LogP contribution in [0.4, 0.5) is 10.5 Å². The summed E-state index contributed by atoms with van der Waals surface area (Å²) in [5, 5.41) is 3.00. The van der Waals surface area contributed by atoms with Gasteiger partial charge in [-0.1, -0.05) is 19.1 Å². The van der Waals surface area contributed by atoms with Gasteiger partial charge in [-0.05, 0) is 50.5 Å². The number of carbonyl (C=O) groups excluding carboxylic acids is 1. The molecule has 2 heterocycles. The van der Waals surface area contributed by atoms with E-state index in [0.717, 1.165) is 56.9 Å². The quantitative estimate of drug-likeness (QED) is 0.829. The normalized spacial score (nSPS) is 19.8. The van der Waals surface area contributed by atoms with Gasteiger partial charge in [0.1, 0.15) is 5.75 Å². The molecule has 0 unspecified atom stereocenters. The Bertz CT molecular complexity index is 583. The Hall–Kier alpha value is -2.01. The van der Waals surface area contributed by atoms with E-state index in [1.165, 1.54) is 0 Å². The van der Waals surface area contributed by atoms with Crippen molar-refractivity contribution >= 4 is 11.7 Å². The minimum Gasteiger partial charge on any atom is -0.491 e. The highest BCUT2D eigenvalue weighted by molar-refractivity contribution is 5.89. The Balaban J connectivity index is 1.46. The van der Waals surface area contributed by atoms with Gasteiger partial charge in [-0.15, -0.1) is 0 Å². The van der Waals surface area contributed by atoms with Gasteiger partial charge in [-0.2, -0.15) is 0 Å². The third kappa shape index (κ3) is 4.75.